The minimum absolute atomic E-state index is 0.103. The predicted molar refractivity (Wildman–Crippen MR) is 151 cm³/mol. The van der Waals surface area contributed by atoms with Gasteiger partial charge in [-0.15, -0.1) is 0 Å². The van der Waals surface area contributed by atoms with Crippen LogP contribution >= 0.6 is 0 Å². The van der Waals surface area contributed by atoms with Gasteiger partial charge in [0.1, 0.15) is 5.60 Å². The highest BCUT2D eigenvalue weighted by Gasteiger charge is 2.41. The third-order valence-corrected chi connectivity index (χ3v) is 7.54. The van der Waals surface area contributed by atoms with E-state index in [0.29, 0.717) is 43.6 Å². The summed E-state index contributed by atoms with van der Waals surface area (Å²) >= 11 is 0. The molecule has 3 aromatic carbocycles. The predicted octanol–water partition coefficient (Wildman–Crippen LogP) is 6.18. The van der Waals surface area contributed by atoms with Crippen molar-refractivity contribution >= 4 is 22.8 Å². The lowest BCUT2D eigenvalue weighted by Crippen LogP contribution is -2.48. The van der Waals surface area contributed by atoms with E-state index in [1.807, 2.05) is 63.2 Å². The third kappa shape index (κ3) is 6.36. The molecule has 0 bridgehead atoms. The monoisotopic (exact) mass is 545 g/mol. The first-order valence-corrected chi connectivity index (χ1v) is 13.4. The second-order valence-electron chi connectivity index (χ2n) is 11.5. The summed E-state index contributed by atoms with van der Waals surface area (Å²) < 4.78 is 25.5. The Morgan fingerprint density at radius 1 is 1.10 bits per heavy atom. The smallest absolute Gasteiger partial charge is 0.410 e. The Hall–Kier alpha value is -4.12. The van der Waals surface area contributed by atoms with E-state index in [1.54, 1.807) is 22.9 Å². The second kappa shape index (κ2) is 11.5. The molecule has 2 amide bonds. The van der Waals surface area contributed by atoms with Gasteiger partial charge in [0.15, 0.2) is 11.6 Å². The van der Waals surface area contributed by atoms with Crippen LogP contribution in [0.15, 0.2) is 54.6 Å². The van der Waals surface area contributed by atoms with E-state index in [2.05, 4.69) is 6.07 Å². The van der Waals surface area contributed by atoms with Gasteiger partial charge in [0.2, 0.25) is 5.91 Å². The van der Waals surface area contributed by atoms with E-state index in [1.165, 1.54) is 13.2 Å². The molecule has 7 nitrogen and oxygen atoms in total. The number of nitriles is 1. The van der Waals surface area contributed by atoms with Crippen molar-refractivity contribution in [2.75, 3.05) is 27.2 Å². The molecule has 1 aliphatic heterocycles. The lowest BCUT2D eigenvalue weighted by molar-refractivity contribution is -0.132. The lowest BCUT2D eigenvalue weighted by Gasteiger charge is -2.42. The summed E-state index contributed by atoms with van der Waals surface area (Å²) in [5.41, 5.74) is 0.835. The molecule has 0 saturated carbocycles. The van der Waals surface area contributed by atoms with E-state index in [9.17, 15) is 19.2 Å². The van der Waals surface area contributed by atoms with Gasteiger partial charge in [-0.05, 0) is 79.8 Å². The summed E-state index contributed by atoms with van der Waals surface area (Å²) in [7, 11) is 3.16. The first kappa shape index (κ1) is 28.9. The Kier molecular flexibility index (Phi) is 8.34. The van der Waals surface area contributed by atoms with Crippen molar-refractivity contribution in [3.05, 3.63) is 77.1 Å². The number of ether oxygens (including phenoxy) is 2. The van der Waals surface area contributed by atoms with Crippen molar-refractivity contribution in [1.29, 1.82) is 5.26 Å². The first-order chi connectivity index (χ1) is 18.9. The van der Waals surface area contributed by atoms with Gasteiger partial charge in [0, 0.05) is 38.5 Å². The molecule has 1 heterocycles. The fourth-order valence-corrected chi connectivity index (χ4v) is 5.36. The van der Waals surface area contributed by atoms with Crippen LogP contribution in [0, 0.1) is 17.1 Å². The number of carbonyl (C=O) groups excluding carboxylic acids is 2. The van der Waals surface area contributed by atoms with E-state index in [0.717, 1.165) is 16.3 Å². The number of benzene rings is 3. The molecule has 0 unspecified atom stereocenters. The lowest BCUT2D eigenvalue weighted by atomic mass is 9.70. The van der Waals surface area contributed by atoms with Gasteiger partial charge in [0.25, 0.3) is 0 Å². The minimum Gasteiger partial charge on any atom is -0.494 e. The molecule has 0 aliphatic carbocycles. The number of nitrogens with zero attached hydrogens (tertiary/aromatic N) is 3. The van der Waals surface area contributed by atoms with Gasteiger partial charge in [0.05, 0.1) is 18.7 Å². The maximum Gasteiger partial charge on any atom is 0.410 e. The fourth-order valence-electron chi connectivity index (χ4n) is 5.36. The molecule has 4 rings (SSSR count). The normalized spacial score (nSPS) is 14.9. The zero-order valence-electron chi connectivity index (χ0n) is 23.8. The van der Waals surface area contributed by atoms with E-state index in [4.69, 9.17) is 9.47 Å². The minimum atomic E-state index is -0.673. The van der Waals surface area contributed by atoms with Crippen LogP contribution in [0.2, 0.25) is 0 Å². The van der Waals surface area contributed by atoms with Crippen molar-refractivity contribution in [2.45, 2.75) is 57.6 Å². The Labute approximate surface area is 235 Å². The first-order valence-electron chi connectivity index (χ1n) is 13.4. The number of fused-ring (bicyclic) bond motifs is 1. The van der Waals surface area contributed by atoms with Crippen LogP contribution in [0.1, 0.15) is 56.7 Å². The third-order valence-electron chi connectivity index (χ3n) is 7.54. The maximum absolute atomic E-state index is 14.8. The van der Waals surface area contributed by atoms with Crippen molar-refractivity contribution in [3.8, 4) is 11.8 Å². The van der Waals surface area contributed by atoms with Crippen LogP contribution in [0.3, 0.4) is 0 Å². The standard InChI is InChI=1S/C32H36FN3O4/c1-31(2,3)40-30(38)36-14-12-32(13-15-36,25-10-11-28(39-5)27(33)18-25)19-29(37)35(4)21-24-17-22(20-34)16-23-8-6-7-9-26(23)24/h6-11,16-18H,12-15,19,21H2,1-5H3. The second-order valence-corrected chi connectivity index (χ2v) is 11.5. The van der Waals surface area contributed by atoms with Gasteiger partial charge in [-0.1, -0.05) is 30.3 Å². The Bertz CT molecular complexity index is 1450. The topological polar surface area (TPSA) is 82.9 Å². The number of methoxy groups -OCH3 is 1. The molecule has 0 N–H and O–H groups in total. The van der Waals surface area contributed by atoms with Crippen LogP contribution in [0.5, 0.6) is 5.75 Å². The number of rotatable bonds is 6. The Morgan fingerprint density at radius 2 is 1.80 bits per heavy atom. The largest absolute Gasteiger partial charge is 0.494 e. The molecule has 1 fully saturated rings. The average molecular weight is 546 g/mol. The van der Waals surface area contributed by atoms with Crippen molar-refractivity contribution in [1.82, 2.24) is 9.80 Å². The highest BCUT2D eigenvalue weighted by molar-refractivity contribution is 5.87. The summed E-state index contributed by atoms with van der Waals surface area (Å²) in [5, 5.41) is 11.4. The number of halogens is 1. The van der Waals surface area contributed by atoms with Gasteiger partial charge < -0.3 is 19.3 Å². The molecule has 0 atom stereocenters. The number of likely N-dealkylation sites (tertiary alicyclic amines) is 1. The summed E-state index contributed by atoms with van der Waals surface area (Å²) in [5.74, 6) is -0.458. The highest BCUT2D eigenvalue weighted by Crippen LogP contribution is 2.41. The van der Waals surface area contributed by atoms with Gasteiger partial charge in [-0.2, -0.15) is 5.26 Å². The number of hydrogen-bond donors (Lipinski definition) is 0. The van der Waals surface area contributed by atoms with Gasteiger partial charge in [-0.3, -0.25) is 4.79 Å². The van der Waals surface area contributed by atoms with E-state index < -0.39 is 22.9 Å². The van der Waals surface area contributed by atoms with E-state index >= 15 is 0 Å². The molecule has 1 saturated heterocycles. The van der Waals surface area contributed by atoms with Crippen LogP contribution in [-0.2, 0) is 21.5 Å². The number of carbonyl (C=O) groups is 2. The Morgan fingerprint density at radius 3 is 2.42 bits per heavy atom. The summed E-state index contributed by atoms with van der Waals surface area (Å²) in [6.07, 6.45) is 0.706. The summed E-state index contributed by atoms with van der Waals surface area (Å²) in [6, 6.07) is 18.5. The van der Waals surface area contributed by atoms with Crippen molar-refractivity contribution in [2.24, 2.45) is 0 Å². The fraction of sp³-hybridized carbons (Fsp3) is 0.406. The zero-order valence-corrected chi connectivity index (χ0v) is 23.8. The molecule has 0 radical (unpaired) electrons. The van der Waals surface area contributed by atoms with Crippen LogP contribution in [0.4, 0.5) is 9.18 Å². The molecule has 0 aromatic heterocycles. The van der Waals surface area contributed by atoms with E-state index in [-0.39, 0.29) is 18.1 Å². The molecule has 40 heavy (non-hydrogen) atoms. The SMILES string of the molecule is COc1ccc(C2(CC(=O)N(C)Cc3cc(C#N)cc4ccccc34)CCN(C(=O)OC(C)(C)C)CC2)cc1F. The van der Waals surface area contributed by atoms with Crippen LogP contribution in [0.25, 0.3) is 10.8 Å². The Balaban J connectivity index is 1.59. The van der Waals surface area contributed by atoms with Gasteiger partial charge >= 0.3 is 6.09 Å². The molecule has 210 valence electrons. The average Bonchev–Trinajstić information content (AvgIpc) is 2.92. The zero-order chi connectivity index (χ0) is 29.1. The molecule has 0 spiro atoms. The molecule has 8 heteroatoms. The number of amides is 2. The number of piperidine rings is 1. The van der Waals surface area contributed by atoms with Crippen LogP contribution in [-0.4, -0.2) is 54.6 Å². The summed E-state index contributed by atoms with van der Waals surface area (Å²) in [4.78, 5) is 29.8. The van der Waals surface area contributed by atoms with Gasteiger partial charge in [-0.25, -0.2) is 9.18 Å². The molecule has 1 aliphatic rings. The number of hydrogen-bond acceptors (Lipinski definition) is 5. The quantitative estimate of drug-likeness (QED) is 0.370. The van der Waals surface area contributed by atoms with Crippen LogP contribution < -0.4 is 4.74 Å². The molecular formula is C32H36FN3O4. The highest BCUT2D eigenvalue weighted by atomic mass is 19.1. The molecule has 3 aromatic rings. The van der Waals surface area contributed by atoms with Crippen molar-refractivity contribution in [3.63, 3.8) is 0 Å². The molecular weight excluding hydrogens is 509 g/mol. The maximum atomic E-state index is 14.8. The summed E-state index contributed by atoms with van der Waals surface area (Å²) in [6.45, 7) is 6.56. The van der Waals surface area contributed by atoms with Crippen molar-refractivity contribution < 1.29 is 23.5 Å².